The molecule has 2 aliphatic rings. The van der Waals surface area contributed by atoms with Crippen molar-refractivity contribution in [1.82, 2.24) is 9.55 Å². The topological polar surface area (TPSA) is 65.4 Å². The van der Waals surface area contributed by atoms with Crippen LogP contribution in [0.25, 0.3) is 11.3 Å². The molecule has 0 fully saturated rings. The van der Waals surface area contributed by atoms with Crippen molar-refractivity contribution < 1.29 is 14.3 Å². The molecule has 0 spiro atoms. The van der Waals surface area contributed by atoms with Gasteiger partial charge in [-0.3, -0.25) is 4.79 Å². The van der Waals surface area contributed by atoms with Crippen LogP contribution in [-0.4, -0.2) is 28.0 Å². The number of carbonyl (C=O) groups excluding carboxylic acids is 1. The average Bonchev–Trinajstić information content (AvgIpc) is 3.37. The lowest BCUT2D eigenvalue weighted by Crippen LogP contribution is -2.12. The number of ether oxygens (including phenoxy) is 2. The van der Waals surface area contributed by atoms with Gasteiger partial charge in [0.1, 0.15) is 0 Å². The Labute approximate surface area is 154 Å². The fourth-order valence-corrected chi connectivity index (χ4v) is 4.03. The molecule has 3 aromatic rings. The molecule has 2 aromatic carbocycles. The fourth-order valence-electron chi connectivity index (χ4n) is 3.09. The van der Waals surface area contributed by atoms with E-state index in [-0.39, 0.29) is 12.7 Å². The number of benzene rings is 2. The summed E-state index contributed by atoms with van der Waals surface area (Å²) in [6.07, 6.45) is 2.04. The SMILES string of the molecule is O=C(Nc1ccccc1-c1cn2c(n1)SCC2)c1ccc2c(c1)OCO2. The summed E-state index contributed by atoms with van der Waals surface area (Å²) in [5.74, 6) is 2.11. The highest BCUT2D eigenvalue weighted by Gasteiger charge is 2.19. The van der Waals surface area contributed by atoms with Gasteiger partial charge in [0.25, 0.3) is 5.91 Å². The first kappa shape index (κ1) is 15.3. The van der Waals surface area contributed by atoms with Crippen LogP contribution in [0.4, 0.5) is 5.69 Å². The third-order valence-electron chi connectivity index (χ3n) is 4.39. The quantitative estimate of drug-likeness (QED) is 0.768. The molecule has 0 bridgehead atoms. The number of aromatic nitrogens is 2. The summed E-state index contributed by atoms with van der Waals surface area (Å²) in [5, 5.41) is 4.01. The van der Waals surface area contributed by atoms with Gasteiger partial charge in [-0.25, -0.2) is 4.98 Å². The maximum absolute atomic E-state index is 12.7. The average molecular weight is 365 g/mol. The zero-order valence-electron chi connectivity index (χ0n) is 13.8. The Morgan fingerprint density at radius 3 is 2.96 bits per heavy atom. The molecule has 5 rings (SSSR count). The van der Waals surface area contributed by atoms with Crippen LogP contribution in [0.1, 0.15) is 10.4 Å². The number of nitrogens with one attached hydrogen (secondary N) is 1. The molecule has 130 valence electrons. The second-order valence-electron chi connectivity index (χ2n) is 6.02. The highest BCUT2D eigenvalue weighted by Crippen LogP contribution is 2.34. The summed E-state index contributed by atoms with van der Waals surface area (Å²) in [7, 11) is 0. The number of hydrogen-bond donors (Lipinski definition) is 1. The third kappa shape index (κ3) is 2.61. The minimum atomic E-state index is -0.197. The molecule has 2 aliphatic heterocycles. The van der Waals surface area contributed by atoms with E-state index in [0.29, 0.717) is 17.1 Å². The van der Waals surface area contributed by atoms with E-state index in [1.807, 2.05) is 30.5 Å². The highest BCUT2D eigenvalue weighted by atomic mass is 32.2. The Kier molecular flexibility index (Phi) is 3.60. The van der Waals surface area contributed by atoms with Crippen molar-refractivity contribution in [1.29, 1.82) is 0 Å². The summed E-state index contributed by atoms with van der Waals surface area (Å²) in [6.45, 7) is 1.16. The predicted octanol–water partition coefficient (Wildman–Crippen LogP) is 3.64. The highest BCUT2D eigenvalue weighted by molar-refractivity contribution is 7.99. The normalized spacial score (nSPS) is 14.3. The molecule has 0 radical (unpaired) electrons. The molecule has 26 heavy (non-hydrogen) atoms. The summed E-state index contributed by atoms with van der Waals surface area (Å²) < 4.78 is 12.8. The van der Waals surface area contributed by atoms with Gasteiger partial charge in [-0.05, 0) is 24.3 Å². The van der Waals surface area contributed by atoms with Gasteiger partial charge < -0.3 is 19.4 Å². The van der Waals surface area contributed by atoms with Crippen molar-refractivity contribution in [2.45, 2.75) is 11.7 Å². The fraction of sp³-hybridized carbons (Fsp3) is 0.158. The zero-order valence-corrected chi connectivity index (χ0v) is 14.6. The molecule has 0 saturated carbocycles. The van der Waals surface area contributed by atoms with E-state index >= 15 is 0 Å². The van der Waals surface area contributed by atoms with Gasteiger partial charge in [-0.2, -0.15) is 0 Å². The third-order valence-corrected chi connectivity index (χ3v) is 5.36. The van der Waals surface area contributed by atoms with E-state index in [0.717, 1.165) is 34.4 Å². The van der Waals surface area contributed by atoms with Crippen LogP contribution in [0.5, 0.6) is 11.5 Å². The number of thioether (sulfide) groups is 1. The van der Waals surface area contributed by atoms with Crippen LogP contribution >= 0.6 is 11.8 Å². The maximum atomic E-state index is 12.7. The number of aryl methyl sites for hydroxylation is 1. The van der Waals surface area contributed by atoms with Crippen LogP contribution in [0.2, 0.25) is 0 Å². The Balaban J connectivity index is 1.44. The Hall–Kier alpha value is -2.93. The molecular formula is C19H15N3O3S. The van der Waals surface area contributed by atoms with Crippen LogP contribution in [-0.2, 0) is 6.54 Å². The molecule has 6 nitrogen and oxygen atoms in total. The molecule has 0 aliphatic carbocycles. The van der Waals surface area contributed by atoms with Crippen LogP contribution in [0.15, 0.2) is 53.8 Å². The maximum Gasteiger partial charge on any atom is 0.255 e. The van der Waals surface area contributed by atoms with Crippen molar-refractivity contribution in [2.75, 3.05) is 17.9 Å². The van der Waals surface area contributed by atoms with E-state index in [2.05, 4.69) is 14.9 Å². The monoisotopic (exact) mass is 365 g/mol. The zero-order chi connectivity index (χ0) is 17.5. The summed E-state index contributed by atoms with van der Waals surface area (Å²) in [4.78, 5) is 17.4. The molecule has 1 N–H and O–H groups in total. The van der Waals surface area contributed by atoms with E-state index in [9.17, 15) is 4.79 Å². The van der Waals surface area contributed by atoms with Crippen molar-refractivity contribution in [3.05, 3.63) is 54.2 Å². The molecule has 3 heterocycles. The Morgan fingerprint density at radius 2 is 2.04 bits per heavy atom. The van der Waals surface area contributed by atoms with Gasteiger partial charge in [0.2, 0.25) is 6.79 Å². The molecule has 7 heteroatoms. The molecule has 0 atom stereocenters. The second-order valence-corrected chi connectivity index (χ2v) is 7.08. The van der Waals surface area contributed by atoms with Crippen molar-refractivity contribution in [3.63, 3.8) is 0 Å². The van der Waals surface area contributed by atoms with E-state index in [1.54, 1.807) is 30.0 Å². The number of carbonyl (C=O) groups is 1. The number of rotatable bonds is 3. The van der Waals surface area contributed by atoms with Gasteiger partial charge in [-0.15, -0.1) is 0 Å². The van der Waals surface area contributed by atoms with Gasteiger partial charge in [0.15, 0.2) is 16.7 Å². The van der Waals surface area contributed by atoms with Crippen LogP contribution < -0.4 is 14.8 Å². The van der Waals surface area contributed by atoms with E-state index in [4.69, 9.17) is 9.47 Å². The summed E-state index contributed by atoms with van der Waals surface area (Å²) in [5.41, 5.74) is 3.03. The minimum Gasteiger partial charge on any atom is -0.454 e. The van der Waals surface area contributed by atoms with Gasteiger partial charge in [0.05, 0.1) is 11.4 Å². The molecule has 0 unspecified atom stereocenters. The largest absolute Gasteiger partial charge is 0.454 e. The number of anilines is 1. The summed E-state index contributed by atoms with van der Waals surface area (Å²) >= 11 is 1.75. The smallest absolute Gasteiger partial charge is 0.255 e. The van der Waals surface area contributed by atoms with Crippen molar-refractivity contribution in [3.8, 4) is 22.8 Å². The lowest BCUT2D eigenvalue weighted by Gasteiger charge is -2.10. The molecule has 0 saturated heterocycles. The summed E-state index contributed by atoms with van der Waals surface area (Å²) in [6, 6.07) is 12.9. The number of fused-ring (bicyclic) bond motifs is 2. The van der Waals surface area contributed by atoms with Gasteiger partial charge in [0, 0.05) is 29.6 Å². The van der Waals surface area contributed by atoms with Crippen LogP contribution in [0.3, 0.4) is 0 Å². The molecule has 1 amide bonds. The second kappa shape index (κ2) is 6.10. The first-order valence-corrected chi connectivity index (χ1v) is 9.27. The number of amides is 1. The predicted molar refractivity (Wildman–Crippen MR) is 98.9 cm³/mol. The lowest BCUT2D eigenvalue weighted by molar-refractivity contribution is 0.102. The minimum absolute atomic E-state index is 0.187. The molecular weight excluding hydrogens is 350 g/mol. The first-order chi connectivity index (χ1) is 12.8. The number of imidazole rings is 1. The lowest BCUT2D eigenvalue weighted by atomic mass is 10.1. The number of para-hydroxylation sites is 1. The standard InChI is InChI=1S/C19H15N3O3S/c23-18(12-5-6-16-17(9-12)25-11-24-16)20-14-4-2-1-3-13(14)15-10-22-7-8-26-19(22)21-15/h1-6,9-10H,7-8,11H2,(H,20,23). The van der Waals surface area contributed by atoms with Gasteiger partial charge >= 0.3 is 0 Å². The van der Waals surface area contributed by atoms with Crippen molar-refractivity contribution in [2.24, 2.45) is 0 Å². The molecule has 1 aromatic heterocycles. The first-order valence-electron chi connectivity index (χ1n) is 8.28. The van der Waals surface area contributed by atoms with E-state index < -0.39 is 0 Å². The Bertz CT molecular complexity index is 994. The van der Waals surface area contributed by atoms with Gasteiger partial charge in [-0.1, -0.05) is 30.0 Å². The van der Waals surface area contributed by atoms with E-state index in [1.165, 1.54) is 0 Å². The Morgan fingerprint density at radius 1 is 1.15 bits per heavy atom. The number of nitrogens with zero attached hydrogens (tertiary/aromatic N) is 2. The van der Waals surface area contributed by atoms with Crippen molar-refractivity contribution >= 4 is 23.4 Å². The van der Waals surface area contributed by atoms with Crippen LogP contribution in [0, 0.1) is 0 Å². The number of hydrogen-bond acceptors (Lipinski definition) is 5.